The van der Waals surface area contributed by atoms with Gasteiger partial charge < -0.3 is 20.6 Å². The van der Waals surface area contributed by atoms with Gasteiger partial charge in [0, 0.05) is 44.3 Å². The summed E-state index contributed by atoms with van der Waals surface area (Å²) in [5, 5.41) is 4.82. The summed E-state index contributed by atoms with van der Waals surface area (Å²) in [6, 6.07) is 64.4. The maximum atomic E-state index is 6.54. The van der Waals surface area contributed by atoms with Crippen molar-refractivity contribution in [2.24, 2.45) is 0 Å². The van der Waals surface area contributed by atoms with Crippen LogP contribution in [0.5, 0.6) is 0 Å². The first-order valence-electron chi connectivity index (χ1n) is 17.6. The molecule has 0 atom stereocenters. The van der Waals surface area contributed by atoms with E-state index in [0.717, 1.165) is 67.2 Å². The van der Waals surface area contributed by atoms with Crippen LogP contribution in [0.15, 0.2) is 182 Å². The molecule has 0 radical (unpaired) electrons. The summed E-state index contributed by atoms with van der Waals surface area (Å²) in [5.41, 5.74) is 28.0. The van der Waals surface area contributed by atoms with Crippen molar-refractivity contribution in [3.8, 4) is 44.8 Å². The quantitative estimate of drug-likeness (QED) is 0.180. The van der Waals surface area contributed by atoms with E-state index < -0.39 is 0 Å². The lowest BCUT2D eigenvalue weighted by molar-refractivity contribution is 1.18. The predicted octanol–water partition coefficient (Wildman–Crippen LogP) is 12.0. The van der Waals surface area contributed by atoms with Crippen LogP contribution in [0.2, 0.25) is 0 Å². The molecule has 8 aromatic carbocycles. The van der Waals surface area contributed by atoms with Gasteiger partial charge in [-0.1, -0.05) is 97.1 Å². The van der Waals surface area contributed by atoms with E-state index >= 15 is 0 Å². The van der Waals surface area contributed by atoms with Crippen LogP contribution in [0.25, 0.3) is 88.4 Å². The van der Waals surface area contributed by atoms with Crippen LogP contribution in [0, 0.1) is 0 Å². The van der Waals surface area contributed by atoms with Crippen LogP contribution in [0.1, 0.15) is 0 Å². The minimum atomic E-state index is 0.720. The molecule has 0 aliphatic heterocycles. The lowest BCUT2D eigenvalue weighted by atomic mass is 9.88. The van der Waals surface area contributed by atoms with Crippen molar-refractivity contribution < 1.29 is 0 Å². The zero-order valence-corrected chi connectivity index (χ0v) is 28.4. The van der Waals surface area contributed by atoms with Gasteiger partial charge in [0.2, 0.25) is 0 Å². The number of para-hydroxylation sites is 4. The fourth-order valence-electron chi connectivity index (χ4n) is 8.06. The van der Waals surface area contributed by atoms with Gasteiger partial charge in [0.1, 0.15) is 0 Å². The van der Waals surface area contributed by atoms with E-state index in [2.05, 4.69) is 179 Å². The van der Waals surface area contributed by atoms with E-state index in [0.29, 0.717) is 0 Å². The van der Waals surface area contributed by atoms with Gasteiger partial charge in [-0.15, -0.1) is 0 Å². The molecule has 10 rings (SSSR count). The third-order valence-electron chi connectivity index (χ3n) is 10.4. The lowest BCUT2D eigenvalue weighted by Gasteiger charge is -2.17. The number of nitrogens with two attached hydrogens (primary N) is 2. The molecule has 0 aliphatic rings. The van der Waals surface area contributed by atoms with Crippen LogP contribution in [-0.2, 0) is 0 Å². The number of hydrogen-bond acceptors (Lipinski definition) is 2. The highest BCUT2D eigenvalue weighted by molar-refractivity contribution is 6.12. The number of rotatable bonds is 5. The number of fused-ring (bicyclic) bond motifs is 6. The molecule has 246 valence electrons. The van der Waals surface area contributed by atoms with Gasteiger partial charge in [0.25, 0.3) is 0 Å². The normalized spacial score (nSPS) is 11.6. The zero-order chi connectivity index (χ0) is 34.8. The third-order valence-corrected chi connectivity index (χ3v) is 10.4. The summed E-state index contributed by atoms with van der Waals surface area (Å²) in [4.78, 5) is 0. The fourth-order valence-corrected chi connectivity index (χ4v) is 8.06. The molecule has 4 heteroatoms. The summed E-state index contributed by atoms with van der Waals surface area (Å²) in [6.45, 7) is 0. The van der Waals surface area contributed by atoms with Crippen LogP contribution in [0.3, 0.4) is 0 Å². The van der Waals surface area contributed by atoms with Crippen molar-refractivity contribution >= 4 is 55.0 Å². The highest BCUT2D eigenvalue weighted by atomic mass is 15.0. The van der Waals surface area contributed by atoms with Gasteiger partial charge >= 0.3 is 0 Å². The average Bonchev–Trinajstić information content (AvgIpc) is 3.71. The molecular formula is C48H34N4. The third kappa shape index (κ3) is 4.69. The zero-order valence-electron chi connectivity index (χ0n) is 28.4. The molecule has 0 bridgehead atoms. The molecule has 4 N–H and O–H groups in total. The van der Waals surface area contributed by atoms with Crippen LogP contribution in [0.4, 0.5) is 11.4 Å². The van der Waals surface area contributed by atoms with Gasteiger partial charge in [-0.3, -0.25) is 0 Å². The summed E-state index contributed by atoms with van der Waals surface area (Å²) in [7, 11) is 0. The van der Waals surface area contributed by atoms with Gasteiger partial charge in [0.15, 0.2) is 0 Å². The first kappa shape index (κ1) is 29.8. The molecule has 0 amide bonds. The van der Waals surface area contributed by atoms with Crippen molar-refractivity contribution in [1.82, 2.24) is 9.13 Å². The molecular weight excluding hydrogens is 633 g/mol. The Morgan fingerprint density at radius 2 is 0.673 bits per heavy atom. The highest BCUT2D eigenvalue weighted by Crippen LogP contribution is 2.43. The Kier molecular flexibility index (Phi) is 6.76. The second-order valence-electron chi connectivity index (χ2n) is 13.5. The lowest BCUT2D eigenvalue weighted by Crippen LogP contribution is -1.95. The second-order valence-corrected chi connectivity index (χ2v) is 13.5. The van der Waals surface area contributed by atoms with Gasteiger partial charge in [-0.2, -0.15) is 0 Å². The minimum Gasteiger partial charge on any atom is -0.399 e. The largest absolute Gasteiger partial charge is 0.399 e. The minimum absolute atomic E-state index is 0.720. The smallest absolute Gasteiger partial charge is 0.0541 e. The van der Waals surface area contributed by atoms with E-state index in [-0.39, 0.29) is 0 Å². The van der Waals surface area contributed by atoms with Crippen molar-refractivity contribution in [3.05, 3.63) is 182 Å². The molecule has 0 aliphatic carbocycles. The van der Waals surface area contributed by atoms with Crippen LogP contribution in [-0.4, -0.2) is 9.13 Å². The van der Waals surface area contributed by atoms with Gasteiger partial charge in [0.05, 0.1) is 22.1 Å². The molecule has 2 heterocycles. The Morgan fingerprint density at radius 1 is 0.288 bits per heavy atom. The van der Waals surface area contributed by atoms with Crippen molar-refractivity contribution in [2.75, 3.05) is 11.5 Å². The number of nitrogens with zero attached hydrogens (tertiary/aromatic N) is 2. The Morgan fingerprint density at radius 3 is 1.12 bits per heavy atom. The Bertz CT molecular complexity index is 2760. The Labute approximate surface area is 301 Å². The molecule has 52 heavy (non-hydrogen) atoms. The van der Waals surface area contributed by atoms with E-state index in [1.54, 1.807) is 0 Å². The molecule has 0 saturated carbocycles. The second kappa shape index (κ2) is 11.8. The van der Waals surface area contributed by atoms with Crippen LogP contribution < -0.4 is 11.5 Å². The molecule has 0 fully saturated rings. The highest BCUT2D eigenvalue weighted by Gasteiger charge is 2.19. The topological polar surface area (TPSA) is 61.9 Å². The fraction of sp³-hybridized carbons (Fsp3) is 0. The SMILES string of the molecule is Nc1ccc(-c2ccc(N)cc2-c2ccc3c(c2)c2ccccc2n3-c2ccccc2)c(-c2ccc3c(c2)c2ccccc2n3-c2ccccc2)c1. The van der Waals surface area contributed by atoms with Gasteiger partial charge in [-0.05, 0) is 118 Å². The predicted molar refractivity (Wildman–Crippen MR) is 220 cm³/mol. The first-order valence-corrected chi connectivity index (χ1v) is 17.6. The average molecular weight is 667 g/mol. The monoisotopic (exact) mass is 666 g/mol. The number of nitrogen functional groups attached to an aromatic ring is 2. The number of aromatic nitrogens is 2. The molecule has 0 spiro atoms. The molecule has 0 unspecified atom stereocenters. The Balaban J connectivity index is 1.17. The summed E-state index contributed by atoms with van der Waals surface area (Å²) in [6.07, 6.45) is 0. The number of anilines is 2. The summed E-state index contributed by atoms with van der Waals surface area (Å²) >= 11 is 0. The van der Waals surface area contributed by atoms with E-state index in [9.17, 15) is 0 Å². The molecule has 2 aromatic heterocycles. The molecule has 10 aromatic rings. The number of hydrogen-bond donors (Lipinski definition) is 2. The Hall–Kier alpha value is -7.04. The van der Waals surface area contributed by atoms with E-state index in [1.165, 1.54) is 32.6 Å². The molecule has 4 nitrogen and oxygen atoms in total. The standard InChI is InChI=1S/C48H34N4/c49-33-21-23-37(41(29-33)31-19-25-47-43(27-31)39-15-7-9-17-45(39)51(47)35-11-3-1-4-12-35)38-24-22-34(50)30-42(38)32-20-26-48-44(28-32)40-16-8-10-18-46(40)52(48)36-13-5-2-6-14-36/h1-30H,49-50H2. The summed E-state index contributed by atoms with van der Waals surface area (Å²) in [5.74, 6) is 0. The van der Waals surface area contributed by atoms with Crippen molar-refractivity contribution in [3.63, 3.8) is 0 Å². The maximum absolute atomic E-state index is 6.54. The molecule has 0 saturated heterocycles. The van der Waals surface area contributed by atoms with Crippen LogP contribution >= 0.6 is 0 Å². The summed E-state index contributed by atoms with van der Waals surface area (Å²) < 4.78 is 4.69. The van der Waals surface area contributed by atoms with Crippen molar-refractivity contribution in [1.29, 1.82) is 0 Å². The maximum Gasteiger partial charge on any atom is 0.0541 e. The first-order chi connectivity index (χ1) is 25.6. The van der Waals surface area contributed by atoms with Gasteiger partial charge in [-0.25, -0.2) is 0 Å². The van der Waals surface area contributed by atoms with E-state index in [1.807, 2.05) is 12.1 Å². The van der Waals surface area contributed by atoms with Crippen molar-refractivity contribution in [2.45, 2.75) is 0 Å². The number of benzene rings is 8. The van der Waals surface area contributed by atoms with E-state index in [4.69, 9.17) is 11.5 Å².